The molecule has 4 heteroatoms. The molecule has 2 rings (SSSR count). The van der Waals surface area contributed by atoms with Gasteiger partial charge in [-0.15, -0.1) is 11.3 Å². The molecule has 0 fully saturated rings. The van der Waals surface area contributed by atoms with E-state index in [1.807, 2.05) is 32.0 Å². The summed E-state index contributed by atoms with van der Waals surface area (Å²) in [6.45, 7) is 3.87. The molecule has 2 nitrogen and oxygen atoms in total. The van der Waals surface area contributed by atoms with Crippen LogP contribution in [0.2, 0.25) is 0 Å². The predicted octanol–water partition coefficient (Wildman–Crippen LogP) is 3.55. The van der Waals surface area contributed by atoms with Crippen molar-refractivity contribution in [2.45, 2.75) is 30.2 Å². The van der Waals surface area contributed by atoms with Gasteiger partial charge in [0.2, 0.25) is 0 Å². The number of thiazole rings is 1. The van der Waals surface area contributed by atoms with Crippen molar-refractivity contribution in [3.8, 4) is 0 Å². The van der Waals surface area contributed by atoms with Gasteiger partial charge < -0.3 is 5.11 Å². The summed E-state index contributed by atoms with van der Waals surface area (Å²) in [5.74, 6) is 0.698. The normalized spacial score (nSPS) is 15.2. The third-order valence-corrected chi connectivity index (χ3v) is 5.08. The molecule has 1 aromatic heterocycles. The molecule has 16 heavy (non-hydrogen) atoms. The zero-order valence-electron chi connectivity index (χ0n) is 9.43. The van der Waals surface area contributed by atoms with E-state index < -0.39 is 5.60 Å². The minimum atomic E-state index is -0.595. The number of hydrogen-bond acceptors (Lipinski definition) is 4. The molecular formula is C12H15NOS2. The van der Waals surface area contributed by atoms with Crippen molar-refractivity contribution in [2.75, 3.05) is 5.75 Å². The molecule has 0 spiro atoms. The standard InChI is InChI=1S/C12H15NOS2/c1-3-12(2,14)8-15-11-13-9-6-4-5-7-10(9)16-11/h4-7,14H,3,8H2,1-2H3. The first-order valence-corrected chi connectivity index (χ1v) is 7.12. The number of thioether (sulfide) groups is 1. The number of fused-ring (bicyclic) bond motifs is 1. The Morgan fingerprint density at radius 1 is 1.44 bits per heavy atom. The van der Waals surface area contributed by atoms with E-state index >= 15 is 0 Å². The Labute approximate surface area is 104 Å². The van der Waals surface area contributed by atoms with Crippen molar-refractivity contribution >= 4 is 33.3 Å². The number of hydrogen-bond donors (Lipinski definition) is 1. The second-order valence-corrected chi connectivity index (χ2v) is 6.34. The minimum Gasteiger partial charge on any atom is -0.389 e. The van der Waals surface area contributed by atoms with Gasteiger partial charge in [-0.1, -0.05) is 30.8 Å². The van der Waals surface area contributed by atoms with Gasteiger partial charge in [-0.25, -0.2) is 4.98 Å². The predicted molar refractivity (Wildman–Crippen MR) is 71.3 cm³/mol. The van der Waals surface area contributed by atoms with E-state index in [1.54, 1.807) is 23.1 Å². The first-order valence-electron chi connectivity index (χ1n) is 5.31. The van der Waals surface area contributed by atoms with Gasteiger partial charge in [0.1, 0.15) is 0 Å². The molecule has 2 aromatic rings. The highest BCUT2D eigenvalue weighted by molar-refractivity contribution is 8.01. The molecule has 1 unspecified atom stereocenters. The van der Waals surface area contributed by atoms with E-state index in [2.05, 4.69) is 11.1 Å². The van der Waals surface area contributed by atoms with E-state index in [9.17, 15) is 5.11 Å². The molecule has 0 bridgehead atoms. The smallest absolute Gasteiger partial charge is 0.151 e. The SMILES string of the molecule is CCC(C)(O)CSc1nc2ccccc2s1. The average Bonchev–Trinajstić information content (AvgIpc) is 2.69. The second-order valence-electron chi connectivity index (χ2n) is 4.09. The van der Waals surface area contributed by atoms with Crippen molar-refractivity contribution in [3.05, 3.63) is 24.3 Å². The second kappa shape index (κ2) is 4.73. The first kappa shape index (κ1) is 11.9. The van der Waals surface area contributed by atoms with Gasteiger partial charge in [0.15, 0.2) is 4.34 Å². The topological polar surface area (TPSA) is 33.1 Å². The highest BCUT2D eigenvalue weighted by Gasteiger charge is 2.18. The lowest BCUT2D eigenvalue weighted by molar-refractivity contribution is 0.0816. The monoisotopic (exact) mass is 253 g/mol. The van der Waals surface area contributed by atoms with Crippen molar-refractivity contribution in [3.63, 3.8) is 0 Å². The van der Waals surface area contributed by atoms with Crippen LogP contribution in [0, 0.1) is 0 Å². The third-order valence-electron chi connectivity index (χ3n) is 2.54. The van der Waals surface area contributed by atoms with Gasteiger partial charge in [-0.2, -0.15) is 0 Å². The van der Waals surface area contributed by atoms with E-state index in [0.29, 0.717) is 5.75 Å². The molecule has 86 valence electrons. The Morgan fingerprint density at radius 3 is 2.88 bits per heavy atom. The van der Waals surface area contributed by atoms with Crippen molar-refractivity contribution in [1.82, 2.24) is 4.98 Å². The Hall–Kier alpha value is -0.580. The van der Waals surface area contributed by atoms with Crippen LogP contribution in [0.4, 0.5) is 0 Å². The Balaban J connectivity index is 2.10. The number of benzene rings is 1. The molecule has 0 aliphatic heterocycles. The quantitative estimate of drug-likeness (QED) is 0.846. The van der Waals surface area contributed by atoms with E-state index in [1.165, 1.54) is 4.70 Å². The maximum absolute atomic E-state index is 9.92. The van der Waals surface area contributed by atoms with E-state index in [4.69, 9.17) is 0 Å². The van der Waals surface area contributed by atoms with Gasteiger partial charge in [-0.05, 0) is 25.5 Å². The summed E-state index contributed by atoms with van der Waals surface area (Å²) in [5.41, 5.74) is 0.453. The van der Waals surface area contributed by atoms with Gasteiger partial charge in [0.25, 0.3) is 0 Å². The summed E-state index contributed by atoms with van der Waals surface area (Å²) in [6, 6.07) is 8.12. The van der Waals surface area contributed by atoms with Crippen LogP contribution in [0.15, 0.2) is 28.6 Å². The largest absolute Gasteiger partial charge is 0.389 e. The number of aromatic nitrogens is 1. The van der Waals surface area contributed by atoms with Crippen LogP contribution in [-0.4, -0.2) is 21.4 Å². The summed E-state index contributed by atoms with van der Waals surface area (Å²) in [6.07, 6.45) is 0.769. The van der Waals surface area contributed by atoms with Crippen LogP contribution < -0.4 is 0 Å². The fourth-order valence-corrected chi connectivity index (χ4v) is 3.41. The van der Waals surface area contributed by atoms with Crippen LogP contribution >= 0.6 is 23.1 Å². The highest BCUT2D eigenvalue weighted by atomic mass is 32.2. The molecule has 1 aromatic carbocycles. The number of para-hydroxylation sites is 1. The average molecular weight is 253 g/mol. The maximum Gasteiger partial charge on any atom is 0.151 e. The third kappa shape index (κ3) is 2.75. The zero-order valence-corrected chi connectivity index (χ0v) is 11.1. The number of aliphatic hydroxyl groups is 1. The molecule has 0 radical (unpaired) electrons. The van der Waals surface area contributed by atoms with Crippen molar-refractivity contribution in [1.29, 1.82) is 0 Å². The Kier molecular flexibility index (Phi) is 3.52. The lowest BCUT2D eigenvalue weighted by Crippen LogP contribution is -2.25. The van der Waals surface area contributed by atoms with E-state index in [0.717, 1.165) is 16.3 Å². The van der Waals surface area contributed by atoms with Gasteiger partial charge in [0, 0.05) is 5.75 Å². The fraction of sp³-hybridized carbons (Fsp3) is 0.417. The minimum absolute atomic E-state index is 0.595. The number of rotatable bonds is 4. The molecule has 0 aliphatic rings. The van der Waals surface area contributed by atoms with Gasteiger partial charge >= 0.3 is 0 Å². The van der Waals surface area contributed by atoms with Crippen molar-refractivity contribution in [2.24, 2.45) is 0 Å². The molecule has 0 saturated heterocycles. The van der Waals surface area contributed by atoms with Crippen LogP contribution in [0.3, 0.4) is 0 Å². The Bertz CT molecular complexity index is 446. The molecule has 0 amide bonds. The molecular weight excluding hydrogens is 238 g/mol. The van der Waals surface area contributed by atoms with Crippen LogP contribution in [-0.2, 0) is 0 Å². The van der Waals surface area contributed by atoms with Crippen LogP contribution in [0.25, 0.3) is 10.2 Å². The fourth-order valence-electron chi connectivity index (χ4n) is 1.23. The first-order chi connectivity index (χ1) is 7.61. The van der Waals surface area contributed by atoms with Crippen molar-refractivity contribution < 1.29 is 5.11 Å². The van der Waals surface area contributed by atoms with Gasteiger partial charge in [0.05, 0.1) is 15.8 Å². The highest BCUT2D eigenvalue weighted by Crippen LogP contribution is 2.31. The van der Waals surface area contributed by atoms with E-state index in [-0.39, 0.29) is 0 Å². The molecule has 1 heterocycles. The molecule has 1 atom stereocenters. The maximum atomic E-state index is 9.92. The summed E-state index contributed by atoms with van der Waals surface area (Å²) < 4.78 is 2.25. The Morgan fingerprint density at radius 2 is 2.19 bits per heavy atom. The molecule has 1 N–H and O–H groups in total. The van der Waals surface area contributed by atoms with Crippen LogP contribution in [0.5, 0.6) is 0 Å². The lowest BCUT2D eigenvalue weighted by atomic mass is 10.1. The lowest BCUT2D eigenvalue weighted by Gasteiger charge is -2.19. The van der Waals surface area contributed by atoms with Crippen LogP contribution in [0.1, 0.15) is 20.3 Å². The summed E-state index contributed by atoms with van der Waals surface area (Å²) in [7, 11) is 0. The molecule has 0 saturated carbocycles. The molecule has 0 aliphatic carbocycles. The summed E-state index contributed by atoms with van der Waals surface area (Å²) in [4.78, 5) is 4.52. The summed E-state index contributed by atoms with van der Waals surface area (Å²) >= 11 is 3.32. The zero-order chi connectivity index (χ0) is 11.6. The number of nitrogens with zero attached hydrogens (tertiary/aromatic N) is 1. The van der Waals surface area contributed by atoms with Gasteiger partial charge in [-0.3, -0.25) is 0 Å². The summed E-state index contributed by atoms with van der Waals surface area (Å²) in [5, 5.41) is 9.92.